The van der Waals surface area contributed by atoms with Crippen LogP contribution in [0.4, 0.5) is 0 Å². The van der Waals surface area contributed by atoms with E-state index in [4.69, 9.17) is 0 Å². The summed E-state index contributed by atoms with van der Waals surface area (Å²) in [6.45, 7) is 0. The number of nitrogens with zero attached hydrogens (tertiary/aromatic N) is 5. The number of aromatic nitrogens is 3. The van der Waals surface area contributed by atoms with E-state index in [0.29, 0.717) is 11.1 Å². The Hall–Kier alpha value is -7.08. The van der Waals surface area contributed by atoms with Crippen LogP contribution >= 0.6 is 0 Å². The Morgan fingerprint density at radius 3 is 1.49 bits per heavy atom. The van der Waals surface area contributed by atoms with Gasteiger partial charge in [-0.3, -0.25) is 0 Å². The zero-order valence-corrected chi connectivity index (χ0v) is 26.2. The van der Waals surface area contributed by atoms with E-state index in [1.54, 1.807) is 0 Å². The molecule has 10 aromatic rings. The fourth-order valence-corrected chi connectivity index (χ4v) is 7.90. The SMILES string of the molecule is N#Cc1cccc(-n2c3c(ccc4c3c3ccccc3n4-c3ccccc3)c3ccc4c(c5ccc(C#N)cc5n4-c4ccccc4)c32)c1. The molecule has 0 aliphatic heterocycles. The lowest BCUT2D eigenvalue weighted by molar-refractivity contribution is 1.17. The van der Waals surface area contributed by atoms with Crippen LogP contribution in [0.25, 0.3) is 82.5 Å². The average Bonchev–Trinajstić information content (AvgIpc) is 3.80. The van der Waals surface area contributed by atoms with Gasteiger partial charge in [0.1, 0.15) is 0 Å². The normalized spacial score (nSPS) is 11.6. The van der Waals surface area contributed by atoms with E-state index in [2.05, 4.69) is 123 Å². The van der Waals surface area contributed by atoms with E-state index in [0.717, 1.165) is 82.5 Å². The predicted octanol–water partition coefficient (Wildman–Crippen LogP) is 10.7. The van der Waals surface area contributed by atoms with Crippen molar-refractivity contribution in [1.82, 2.24) is 13.7 Å². The summed E-state index contributed by atoms with van der Waals surface area (Å²) in [7, 11) is 0. The lowest BCUT2D eigenvalue weighted by Gasteiger charge is -2.11. The van der Waals surface area contributed by atoms with E-state index >= 15 is 0 Å². The molecule has 226 valence electrons. The Balaban J connectivity index is 1.49. The van der Waals surface area contributed by atoms with Crippen molar-refractivity contribution in [2.45, 2.75) is 0 Å². The minimum Gasteiger partial charge on any atom is -0.309 e. The molecule has 0 spiro atoms. The second kappa shape index (κ2) is 10.2. The van der Waals surface area contributed by atoms with Crippen LogP contribution in [0, 0.1) is 22.7 Å². The summed E-state index contributed by atoms with van der Waals surface area (Å²) in [6.07, 6.45) is 0. The van der Waals surface area contributed by atoms with Gasteiger partial charge in [-0.2, -0.15) is 10.5 Å². The van der Waals surface area contributed by atoms with Crippen LogP contribution in [-0.4, -0.2) is 13.7 Å². The highest BCUT2D eigenvalue weighted by molar-refractivity contribution is 6.31. The molecule has 5 heteroatoms. The smallest absolute Gasteiger partial charge is 0.0992 e. The van der Waals surface area contributed by atoms with Crippen molar-refractivity contribution < 1.29 is 0 Å². The largest absolute Gasteiger partial charge is 0.309 e. The van der Waals surface area contributed by atoms with Crippen molar-refractivity contribution in [3.8, 4) is 29.2 Å². The first-order valence-corrected chi connectivity index (χ1v) is 16.2. The molecular weight excluding hydrogens is 599 g/mol. The Labute approximate surface area is 280 Å². The summed E-state index contributed by atoms with van der Waals surface area (Å²) in [4.78, 5) is 0. The van der Waals surface area contributed by atoms with Gasteiger partial charge in [0.2, 0.25) is 0 Å². The summed E-state index contributed by atoms with van der Waals surface area (Å²) in [5, 5.41) is 26.7. The molecule has 0 saturated heterocycles. The van der Waals surface area contributed by atoms with Crippen LogP contribution < -0.4 is 0 Å². The Morgan fingerprint density at radius 2 is 0.857 bits per heavy atom. The van der Waals surface area contributed by atoms with Crippen LogP contribution in [0.1, 0.15) is 11.1 Å². The van der Waals surface area contributed by atoms with Crippen molar-refractivity contribution in [3.05, 3.63) is 163 Å². The second-order valence-corrected chi connectivity index (χ2v) is 12.4. The minimum atomic E-state index is 0.601. The molecule has 49 heavy (non-hydrogen) atoms. The molecule has 0 saturated carbocycles. The zero-order chi connectivity index (χ0) is 32.6. The summed E-state index contributed by atoms with van der Waals surface area (Å²) >= 11 is 0. The second-order valence-electron chi connectivity index (χ2n) is 12.4. The first-order valence-electron chi connectivity index (χ1n) is 16.2. The molecular formula is C44H25N5. The first-order chi connectivity index (χ1) is 24.2. The van der Waals surface area contributed by atoms with E-state index < -0.39 is 0 Å². The third-order valence-electron chi connectivity index (χ3n) is 9.84. The molecule has 10 rings (SSSR count). The number of para-hydroxylation sites is 3. The number of nitriles is 2. The topological polar surface area (TPSA) is 62.4 Å². The maximum Gasteiger partial charge on any atom is 0.0992 e. The molecule has 3 heterocycles. The van der Waals surface area contributed by atoms with E-state index in [-0.39, 0.29) is 0 Å². The predicted molar refractivity (Wildman–Crippen MR) is 199 cm³/mol. The Bertz CT molecular complexity index is 3050. The number of hydrogen-bond donors (Lipinski definition) is 0. The Morgan fingerprint density at radius 1 is 0.347 bits per heavy atom. The molecule has 7 aromatic carbocycles. The van der Waals surface area contributed by atoms with Gasteiger partial charge >= 0.3 is 0 Å². The van der Waals surface area contributed by atoms with E-state index in [1.807, 2.05) is 54.6 Å². The lowest BCUT2D eigenvalue weighted by Crippen LogP contribution is -1.97. The van der Waals surface area contributed by atoms with Crippen molar-refractivity contribution >= 4 is 65.4 Å². The van der Waals surface area contributed by atoms with Gasteiger partial charge in [-0.1, -0.05) is 78.9 Å². The van der Waals surface area contributed by atoms with Gasteiger partial charge in [-0.25, -0.2) is 0 Å². The maximum absolute atomic E-state index is 10.0. The average molecular weight is 624 g/mol. The summed E-state index contributed by atoms with van der Waals surface area (Å²) < 4.78 is 6.97. The van der Waals surface area contributed by atoms with Gasteiger partial charge in [-0.05, 0) is 72.8 Å². The molecule has 0 aliphatic carbocycles. The standard InChI is InChI=1S/C44H25N5/c45-26-28-10-9-15-32(24-28)49-43-33(20-22-38-41(43)35-16-7-8-17-37(35)47(38)30-11-3-1-4-12-30)34-21-23-39-42(44(34)49)36-19-18-29(27-46)25-40(36)48(39)31-13-5-2-6-14-31/h1-25H. The van der Waals surface area contributed by atoms with Gasteiger partial charge in [0.05, 0.1) is 56.4 Å². The van der Waals surface area contributed by atoms with Crippen molar-refractivity contribution in [1.29, 1.82) is 10.5 Å². The molecule has 5 nitrogen and oxygen atoms in total. The third kappa shape index (κ3) is 3.73. The minimum absolute atomic E-state index is 0.601. The summed E-state index contributed by atoms with van der Waals surface area (Å²) in [5.41, 5.74) is 10.7. The molecule has 0 N–H and O–H groups in total. The summed E-state index contributed by atoms with van der Waals surface area (Å²) in [6, 6.07) is 57.0. The molecule has 0 aliphatic rings. The van der Waals surface area contributed by atoms with Crippen LogP contribution in [0.3, 0.4) is 0 Å². The van der Waals surface area contributed by atoms with Gasteiger partial charge in [-0.15, -0.1) is 0 Å². The van der Waals surface area contributed by atoms with Gasteiger partial charge in [0, 0.05) is 49.4 Å². The first kappa shape index (κ1) is 27.1. The molecule has 0 radical (unpaired) electrons. The van der Waals surface area contributed by atoms with Crippen LogP contribution in [-0.2, 0) is 0 Å². The maximum atomic E-state index is 10.0. The van der Waals surface area contributed by atoms with Gasteiger partial charge in [0.15, 0.2) is 0 Å². The molecule has 0 atom stereocenters. The van der Waals surface area contributed by atoms with E-state index in [9.17, 15) is 10.5 Å². The van der Waals surface area contributed by atoms with Crippen molar-refractivity contribution in [2.75, 3.05) is 0 Å². The Kier molecular flexibility index (Phi) is 5.64. The number of benzene rings is 7. The molecule has 0 amide bonds. The molecule has 0 unspecified atom stereocenters. The molecule has 0 bridgehead atoms. The van der Waals surface area contributed by atoms with Crippen LogP contribution in [0.2, 0.25) is 0 Å². The van der Waals surface area contributed by atoms with Gasteiger partial charge < -0.3 is 13.7 Å². The number of hydrogen-bond acceptors (Lipinski definition) is 2. The van der Waals surface area contributed by atoms with Gasteiger partial charge in [0.25, 0.3) is 0 Å². The number of fused-ring (bicyclic) bond motifs is 11. The number of rotatable bonds is 3. The van der Waals surface area contributed by atoms with Crippen LogP contribution in [0.15, 0.2) is 152 Å². The fraction of sp³-hybridized carbons (Fsp3) is 0. The third-order valence-corrected chi connectivity index (χ3v) is 9.84. The highest BCUT2D eigenvalue weighted by Crippen LogP contribution is 2.46. The van der Waals surface area contributed by atoms with Crippen molar-refractivity contribution in [3.63, 3.8) is 0 Å². The zero-order valence-electron chi connectivity index (χ0n) is 26.2. The fourth-order valence-electron chi connectivity index (χ4n) is 7.90. The summed E-state index contributed by atoms with van der Waals surface area (Å²) in [5.74, 6) is 0. The quantitative estimate of drug-likeness (QED) is 0.197. The molecule has 0 fully saturated rings. The lowest BCUT2D eigenvalue weighted by atomic mass is 10.1. The van der Waals surface area contributed by atoms with Crippen molar-refractivity contribution in [2.24, 2.45) is 0 Å². The molecule has 3 aromatic heterocycles. The van der Waals surface area contributed by atoms with E-state index in [1.165, 1.54) is 0 Å². The highest BCUT2D eigenvalue weighted by atomic mass is 15.0. The highest BCUT2D eigenvalue weighted by Gasteiger charge is 2.24. The monoisotopic (exact) mass is 623 g/mol. The van der Waals surface area contributed by atoms with Crippen LogP contribution in [0.5, 0.6) is 0 Å².